The highest BCUT2D eigenvalue weighted by Gasteiger charge is 2.06. The maximum absolute atomic E-state index is 10.8. The van der Waals surface area contributed by atoms with Gasteiger partial charge in [0, 0.05) is 21.4 Å². The quantitative estimate of drug-likeness (QED) is 0.364. The number of aromatic amines is 1. The van der Waals surface area contributed by atoms with Gasteiger partial charge in [0.15, 0.2) is 0 Å². The maximum Gasteiger partial charge on any atom is 0.352 e. The van der Waals surface area contributed by atoms with Crippen molar-refractivity contribution in [3.05, 3.63) is 46.0 Å². The van der Waals surface area contributed by atoms with Gasteiger partial charge < -0.3 is 10.1 Å². The van der Waals surface area contributed by atoms with Crippen LogP contribution < -0.4 is 0 Å². The molecule has 1 heterocycles. The molecule has 88 valence electrons. The van der Waals surface area contributed by atoms with Crippen LogP contribution in [0, 0.1) is 11.8 Å². The number of nitrogens with zero attached hydrogens (tertiary/aromatic N) is 3. The molecule has 0 saturated heterocycles. The highest BCUT2D eigenvalue weighted by atomic mass is 16.4. The zero-order chi connectivity index (χ0) is 13.0. The highest BCUT2D eigenvalue weighted by Crippen LogP contribution is 2.16. The van der Waals surface area contributed by atoms with E-state index in [-0.39, 0.29) is 12.2 Å². The first-order chi connectivity index (χ1) is 8.70. The topological polar surface area (TPSA) is 102 Å². The molecule has 1 aromatic carbocycles. The van der Waals surface area contributed by atoms with E-state index in [1.54, 1.807) is 24.3 Å². The molecule has 6 nitrogen and oxygen atoms in total. The summed E-state index contributed by atoms with van der Waals surface area (Å²) in [5, 5.41) is 12.9. The second-order valence-corrected chi connectivity index (χ2v) is 3.48. The van der Waals surface area contributed by atoms with Crippen molar-refractivity contribution < 1.29 is 9.90 Å². The first-order valence-electron chi connectivity index (χ1n) is 5.06. The van der Waals surface area contributed by atoms with Gasteiger partial charge in [-0.3, -0.25) is 0 Å². The van der Waals surface area contributed by atoms with Gasteiger partial charge in [0.2, 0.25) is 0 Å². The summed E-state index contributed by atoms with van der Waals surface area (Å²) in [6, 6.07) is 6.87. The third-order valence-corrected chi connectivity index (χ3v) is 2.30. The monoisotopic (exact) mass is 240 g/mol. The summed E-state index contributed by atoms with van der Waals surface area (Å²) in [4.78, 5) is 16.2. The van der Waals surface area contributed by atoms with Crippen LogP contribution in [-0.4, -0.2) is 22.6 Å². The lowest BCUT2D eigenvalue weighted by atomic mass is 10.1. The fourth-order valence-corrected chi connectivity index (χ4v) is 1.53. The summed E-state index contributed by atoms with van der Waals surface area (Å²) in [7, 11) is 0. The van der Waals surface area contributed by atoms with E-state index >= 15 is 0 Å². The van der Waals surface area contributed by atoms with Crippen molar-refractivity contribution in [2.45, 2.75) is 0 Å². The number of rotatable bonds is 2. The van der Waals surface area contributed by atoms with Gasteiger partial charge in [-0.1, -0.05) is 17.0 Å². The molecule has 2 N–H and O–H groups in total. The number of hydrogen-bond donors (Lipinski definition) is 2. The Kier molecular flexibility index (Phi) is 3.19. The number of carboxylic acid groups (broad SMARTS) is 1. The molecule has 0 amide bonds. The lowest BCUT2D eigenvalue weighted by Gasteiger charge is -1.91. The molecule has 2 aromatic rings. The molecule has 0 unspecified atom stereocenters. The van der Waals surface area contributed by atoms with E-state index < -0.39 is 5.97 Å². The zero-order valence-corrected chi connectivity index (χ0v) is 9.21. The standard InChI is InChI=1S/C12H8N4O2/c13-16-14-5-1-2-8-3-4-10-9(6-8)7-11(15-10)12(17)18/h3-4,6-7,15H,5H2,(H,17,18). The van der Waals surface area contributed by atoms with Crippen LogP contribution in [0.5, 0.6) is 0 Å². The Bertz CT molecular complexity index is 714. The Morgan fingerprint density at radius 2 is 2.33 bits per heavy atom. The average molecular weight is 240 g/mol. The summed E-state index contributed by atoms with van der Waals surface area (Å²) in [6.45, 7) is 0.113. The van der Waals surface area contributed by atoms with E-state index in [1.807, 2.05) is 0 Å². The molecule has 0 atom stereocenters. The minimum Gasteiger partial charge on any atom is -0.477 e. The molecule has 1 aromatic heterocycles. The van der Waals surface area contributed by atoms with Gasteiger partial charge in [0.1, 0.15) is 5.69 Å². The fraction of sp³-hybridized carbons (Fsp3) is 0.0833. The minimum absolute atomic E-state index is 0.113. The molecule has 0 bridgehead atoms. The molecule has 0 saturated carbocycles. The molecular weight excluding hydrogens is 232 g/mol. The molecule has 0 radical (unpaired) electrons. The number of aromatic nitrogens is 1. The first kappa shape index (κ1) is 11.6. The van der Waals surface area contributed by atoms with E-state index in [2.05, 4.69) is 26.9 Å². The van der Waals surface area contributed by atoms with Crippen molar-refractivity contribution in [3.8, 4) is 11.8 Å². The van der Waals surface area contributed by atoms with Crippen molar-refractivity contribution in [2.75, 3.05) is 6.54 Å². The van der Waals surface area contributed by atoms with Crippen molar-refractivity contribution >= 4 is 16.9 Å². The van der Waals surface area contributed by atoms with Gasteiger partial charge in [0.25, 0.3) is 0 Å². The molecule has 0 fully saturated rings. The minimum atomic E-state index is -0.998. The second-order valence-electron chi connectivity index (χ2n) is 3.48. The van der Waals surface area contributed by atoms with Gasteiger partial charge in [-0.25, -0.2) is 4.79 Å². The smallest absolute Gasteiger partial charge is 0.352 e. The predicted molar refractivity (Wildman–Crippen MR) is 66.1 cm³/mol. The Balaban J connectivity index is 2.34. The maximum atomic E-state index is 10.8. The zero-order valence-electron chi connectivity index (χ0n) is 9.21. The third-order valence-electron chi connectivity index (χ3n) is 2.30. The lowest BCUT2D eigenvalue weighted by molar-refractivity contribution is 0.0691. The van der Waals surface area contributed by atoms with E-state index in [1.165, 1.54) is 0 Å². The van der Waals surface area contributed by atoms with Crippen molar-refractivity contribution in [3.63, 3.8) is 0 Å². The van der Waals surface area contributed by atoms with Crippen LogP contribution in [0.15, 0.2) is 29.4 Å². The SMILES string of the molecule is [N-]=[N+]=NCC#Cc1ccc2[nH]c(C(=O)O)cc2c1. The number of carbonyl (C=O) groups is 1. The number of hydrogen-bond acceptors (Lipinski definition) is 2. The summed E-state index contributed by atoms with van der Waals surface area (Å²) in [5.74, 6) is 4.54. The Labute approximate surface area is 102 Å². The molecule has 0 aliphatic carbocycles. The van der Waals surface area contributed by atoms with Gasteiger partial charge >= 0.3 is 5.97 Å². The molecule has 6 heteroatoms. The molecule has 0 aliphatic rings. The number of benzene rings is 1. The molecular formula is C12H8N4O2. The van der Waals surface area contributed by atoms with Crippen LogP contribution in [0.1, 0.15) is 16.1 Å². The Morgan fingerprint density at radius 1 is 1.50 bits per heavy atom. The Morgan fingerprint density at radius 3 is 3.06 bits per heavy atom. The van der Waals surface area contributed by atoms with Crippen LogP contribution in [0.3, 0.4) is 0 Å². The van der Waals surface area contributed by atoms with Crippen LogP contribution in [0.25, 0.3) is 21.3 Å². The number of azide groups is 1. The number of H-pyrrole nitrogens is 1. The van der Waals surface area contributed by atoms with Crippen molar-refractivity contribution in [1.82, 2.24) is 4.98 Å². The van der Waals surface area contributed by atoms with Gasteiger partial charge in [-0.2, -0.15) is 0 Å². The summed E-state index contributed by atoms with van der Waals surface area (Å²) < 4.78 is 0. The first-order valence-corrected chi connectivity index (χ1v) is 5.06. The average Bonchev–Trinajstić information content (AvgIpc) is 2.78. The normalized spacial score (nSPS) is 9.33. The third kappa shape index (κ3) is 2.43. The van der Waals surface area contributed by atoms with Crippen LogP contribution in [0.2, 0.25) is 0 Å². The summed E-state index contributed by atoms with van der Waals surface area (Å²) >= 11 is 0. The van der Waals surface area contributed by atoms with Crippen LogP contribution in [0.4, 0.5) is 0 Å². The largest absolute Gasteiger partial charge is 0.477 e. The number of fused-ring (bicyclic) bond motifs is 1. The lowest BCUT2D eigenvalue weighted by Crippen LogP contribution is -1.94. The van der Waals surface area contributed by atoms with E-state index in [0.717, 1.165) is 16.5 Å². The number of aromatic carboxylic acids is 1. The van der Waals surface area contributed by atoms with Gasteiger partial charge in [-0.05, 0) is 29.8 Å². The number of carboxylic acids is 1. The summed E-state index contributed by atoms with van der Waals surface area (Å²) in [5.41, 5.74) is 9.72. The van der Waals surface area contributed by atoms with Gasteiger partial charge in [-0.15, -0.1) is 0 Å². The van der Waals surface area contributed by atoms with Crippen molar-refractivity contribution in [2.24, 2.45) is 5.11 Å². The molecule has 0 aliphatic heterocycles. The second kappa shape index (κ2) is 4.95. The fourth-order valence-electron chi connectivity index (χ4n) is 1.53. The van der Waals surface area contributed by atoms with Crippen LogP contribution in [-0.2, 0) is 0 Å². The Hall–Kier alpha value is -2.90. The van der Waals surface area contributed by atoms with E-state index in [0.29, 0.717) is 0 Å². The van der Waals surface area contributed by atoms with E-state index in [9.17, 15) is 4.79 Å². The predicted octanol–water partition coefficient (Wildman–Crippen LogP) is 2.53. The molecule has 0 spiro atoms. The van der Waals surface area contributed by atoms with Crippen LogP contribution >= 0.6 is 0 Å². The summed E-state index contributed by atoms with van der Waals surface area (Å²) in [6.07, 6.45) is 0. The molecule has 2 rings (SSSR count). The number of nitrogens with one attached hydrogen (secondary N) is 1. The van der Waals surface area contributed by atoms with Crippen molar-refractivity contribution in [1.29, 1.82) is 0 Å². The van der Waals surface area contributed by atoms with E-state index in [4.69, 9.17) is 10.6 Å². The van der Waals surface area contributed by atoms with Gasteiger partial charge in [0.05, 0.1) is 6.54 Å². The highest BCUT2D eigenvalue weighted by molar-refractivity contribution is 5.94. The molecule has 18 heavy (non-hydrogen) atoms.